The summed E-state index contributed by atoms with van der Waals surface area (Å²) in [6.45, 7) is 1.89. The van der Waals surface area contributed by atoms with Crippen molar-refractivity contribution in [1.82, 2.24) is 9.62 Å². The van der Waals surface area contributed by atoms with Gasteiger partial charge in [0, 0.05) is 34.8 Å². The fourth-order valence-electron chi connectivity index (χ4n) is 3.27. The molecule has 0 spiro atoms. The lowest BCUT2D eigenvalue weighted by Gasteiger charge is -2.20. The highest BCUT2D eigenvalue weighted by Crippen LogP contribution is 2.25. The van der Waals surface area contributed by atoms with Gasteiger partial charge in [0.05, 0.1) is 18.0 Å². The zero-order chi connectivity index (χ0) is 24.2. The predicted octanol–water partition coefficient (Wildman–Crippen LogP) is 5.31. The van der Waals surface area contributed by atoms with Crippen molar-refractivity contribution >= 4 is 39.1 Å². The summed E-state index contributed by atoms with van der Waals surface area (Å²) in [5.41, 5.74) is 1.86. The Hall–Kier alpha value is -2.58. The minimum absolute atomic E-state index is 0.0159. The van der Waals surface area contributed by atoms with Crippen molar-refractivity contribution in [2.45, 2.75) is 24.4 Å². The maximum Gasteiger partial charge on any atom is 0.251 e. The highest BCUT2D eigenvalue weighted by atomic mass is 35.5. The average molecular weight is 507 g/mol. The van der Waals surface area contributed by atoms with Gasteiger partial charge in [0.15, 0.2) is 0 Å². The molecule has 1 atom stereocenters. The lowest BCUT2D eigenvalue weighted by molar-refractivity contribution is 0.0939. The summed E-state index contributed by atoms with van der Waals surface area (Å²) < 4.78 is 32.5. The Morgan fingerprint density at radius 2 is 1.58 bits per heavy atom. The standard InChI is InChI=1S/C24H24Cl2N2O4S/c1-16(17-4-7-20(25)8-5-17)27-24(29)18-6-13-23(32-3)19(14-18)15-28(2)33(30,31)22-11-9-21(26)10-12-22/h4-14,16H,15H2,1-3H3,(H,27,29)/t16-/m0/s1. The molecule has 0 bridgehead atoms. The molecular formula is C24H24Cl2N2O4S. The largest absolute Gasteiger partial charge is 0.496 e. The van der Waals surface area contributed by atoms with Crippen molar-refractivity contribution in [1.29, 1.82) is 0 Å². The molecule has 3 aromatic carbocycles. The van der Waals surface area contributed by atoms with Crippen LogP contribution in [0.2, 0.25) is 10.0 Å². The molecule has 0 radical (unpaired) electrons. The van der Waals surface area contributed by atoms with Crippen LogP contribution in [0.5, 0.6) is 5.75 Å². The molecule has 3 aromatic rings. The first kappa shape index (κ1) is 25.1. The zero-order valence-corrected chi connectivity index (χ0v) is 20.7. The molecule has 0 aromatic heterocycles. The number of benzene rings is 3. The van der Waals surface area contributed by atoms with Crippen molar-refractivity contribution in [3.63, 3.8) is 0 Å². The molecule has 1 amide bonds. The van der Waals surface area contributed by atoms with E-state index in [0.29, 0.717) is 26.9 Å². The Morgan fingerprint density at radius 1 is 1.00 bits per heavy atom. The van der Waals surface area contributed by atoms with Crippen molar-refractivity contribution in [3.8, 4) is 5.75 Å². The lowest BCUT2D eigenvalue weighted by atomic mass is 10.1. The van der Waals surface area contributed by atoms with E-state index in [2.05, 4.69) is 5.32 Å². The Morgan fingerprint density at radius 3 is 2.15 bits per heavy atom. The van der Waals surface area contributed by atoms with Crippen LogP contribution >= 0.6 is 23.2 Å². The molecule has 1 N–H and O–H groups in total. The van der Waals surface area contributed by atoms with Gasteiger partial charge in [-0.05, 0) is 67.1 Å². The minimum atomic E-state index is -3.76. The molecule has 9 heteroatoms. The molecular weight excluding hydrogens is 483 g/mol. The van der Waals surface area contributed by atoms with Crippen molar-refractivity contribution in [3.05, 3.63) is 93.5 Å². The maximum atomic E-state index is 12.9. The van der Waals surface area contributed by atoms with E-state index in [4.69, 9.17) is 27.9 Å². The van der Waals surface area contributed by atoms with Crippen LogP contribution in [0.3, 0.4) is 0 Å². The maximum absolute atomic E-state index is 12.9. The topological polar surface area (TPSA) is 75.7 Å². The molecule has 174 valence electrons. The summed E-state index contributed by atoms with van der Waals surface area (Å²) >= 11 is 11.8. The quantitative estimate of drug-likeness (QED) is 0.448. The van der Waals surface area contributed by atoms with Crippen LogP contribution in [0, 0.1) is 0 Å². The number of carbonyl (C=O) groups excluding carboxylic acids is 1. The second kappa shape index (κ2) is 10.6. The fourth-order valence-corrected chi connectivity index (χ4v) is 4.67. The van der Waals surface area contributed by atoms with E-state index < -0.39 is 10.0 Å². The number of amides is 1. The van der Waals surface area contributed by atoms with Crippen LogP contribution in [-0.2, 0) is 16.6 Å². The molecule has 33 heavy (non-hydrogen) atoms. The number of nitrogens with one attached hydrogen (secondary N) is 1. The Bertz CT molecular complexity index is 1230. The lowest BCUT2D eigenvalue weighted by Crippen LogP contribution is -2.28. The second-order valence-corrected chi connectivity index (χ2v) is 10.4. The van der Waals surface area contributed by atoms with Gasteiger partial charge in [0.1, 0.15) is 5.75 Å². The molecule has 0 heterocycles. The van der Waals surface area contributed by atoms with E-state index in [1.54, 1.807) is 30.3 Å². The number of methoxy groups -OCH3 is 1. The molecule has 0 unspecified atom stereocenters. The van der Waals surface area contributed by atoms with Crippen molar-refractivity contribution in [2.75, 3.05) is 14.2 Å². The molecule has 0 aliphatic rings. The van der Waals surface area contributed by atoms with E-state index >= 15 is 0 Å². The number of halogens is 2. The number of hydrogen-bond donors (Lipinski definition) is 1. The van der Waals surface area contributed by atoms with Crippen LogP contribution < -0.4 is 10.1 Å². The number of rotatable bonds is 8. The number of sulfonamides is 1. The molecule has 0 aliphatic heterocycles. The molecule has 0 saturated carbocycles. The highest BCUT2D eigenvalue weighted by molar-refractivity contribution is 7.89. The Balaban J connectivity index is 1.80. The third-order valence-electron chi connectivity index (χ3n) is 5.18. The van der Waals surface area contributed by atoms with Crippen LogP contribution in [0.25, 0.3) is 0 Å². The van der Waals surface area contributed by atoms with Gasteiger partial charge < -0.3 is 10.1 Å². The van der Waals surface area contributed by atoms with E-state index in [1.165, 1.54) is 42.7 Å². The molecule has 0 saturated heterocycles. The van der Waals surface area contributed by atoms with Crippen molar-refractivity contribution < 1.29 is 17.9 Å². The third kappa shape index (κ3) is 6.06. The van der Waals surface area contributed by atoms with E-state index in [1.807, 2.05) is 19.1 Å². The third-order valence-corrected chi connectivity index (χ3v) is 7.50. The summed E-state index contributed by atoms with van der Waals surface area (Å²) in [6.07, 6.45) is 0. The van der Waals surface area contributed by atoms with E-state index in [-0.39, 0.29) is 23.4 Å². The number of hydrogen-bond acceptors (Lipinski definition) is 4. The molecule has 3 rings (SSSR count). The first-order valence-electron chi connectivity index (χ1n) is 10.1. The second-order valence-electron chi connectivity index (χ2n) is 7.49. The van der Waals surface area contributed by atoms with Gasteiger partial charge in [-0.2, -0.15) is 4.31 Å². The van der Waals surface area contributed by atoms with Gasteiger partial charge in [0.2, 0.25) is 10.0 Å². The SMILES string of the molecule is COc1ccc(C(=O)N[C@@H](C)c2ccc(Cl)cc2)cc1CN(C)S(=O)(=O)c1ccc(Cl)cc1. The first-order valence-corrected chi connectivity index (χ1v) is 12.3. The summed E-state index contributed by atoms with van der Waals surface area (Å²) in [7, 11) is -0.797. The first-order chi connectivity index (χ1) is 15.6. The molecule has 0 aliphatic carbocycles. The Labute approximate surface area is 204 Å². The van der Waals surface area contributed by atoms with Gasteiger partial charge in [-0.15, -0.1) is 0 Å². The van der Waals surface area contributed by atoms with Crippen LogP contribution in [-0.4, -0.2) is 32.8 Å². The Kier molecular flexibility index (Phi) is 8.02. The predicted molar refractivity (Wildman–Crippen MR) is 130 cm³/mol. The summed E-state index contributed by atoms with van der Waals surface area (Å²) in [6, 6.07) is 17.9. The summed E-state index contributed by atoms with van der Waals surface area (Å²) in [4.78, 5) is 13.0. The van der Waals surface area contributed by atoms with Gasteiger partial charge >= 0.3 is 0 Å². The van der Waals surface area contributed by atoms with Crippen LogP contribution in [0.15, 0.2) is 71.6 Å². The fraction of sp³-hybridized carbons (Fsp3) is 0.208. The molecule has 6 nitrogen and oxygen atoms in total. The van der Waals surface area contributed by atoms with Crippen molar-refractivity contribution in [2.24, 2.45) is 0 Å². The monoisotopic (exact) mass is 506 g/mol. The van der Waals surface area contributed by atoms with Gasteiger partial charge in [-0.3, -0.25) is 4.79 Å². The highest BCUT2D eigenvalue weighted by Gasteiger charge is 2.23. The number of nitrogens with zero attached hydrogens (tertiary/aromatic N) is 1. The number of ether oxygens (including phenoxy) is 1. The summed E-state index contributed by atoms with van der Waals surface area (Å²) in [5, 5.41) is 4.01. The van der Waals surface area contributed by atoms with Gasteiger partial charge in [-0.1, -0.05) is 35.3 Å². The van der Waals surface area contributed by atoms with E-state index in [9.17, 15) is 13.2 Å². The van der Waals surface area contributed by atoms with Gasteiger partial charge in [-0.25, -0.2) is 8.42 Å². The minimum Gasteiger partial charge on any atom is -0.496 e. The number of carbonyl (C=O) groups is 1. The zero-order valence-electron chi connectivity index (χ0n) is 18.4. The average Bonchev–Trinajstić information content (AvgIpc) is 2.79. The van der Waals surface area contributed by atoms with Crippen LogP contribution in [0.1, 0.15) is 34.5 Å². The van der Waals surface area contributed by atoms with Gasteiger partial charge in [0.25, 0.3) is 5.91 Å². The normalized spacial score (nSPS) is 12.4. The summed E-state index contributed by atoms with van der Waals surface area (Å²) in [5.74, 6) is 0.194. The van der Waals surface area contributed by atoms with Crippen LogP contribution in [0.4, 0.5) is 0 Å². The smallest absolute Gasteiger partial charge is 0.251 e. The molecule has 0 fully saturated rings. The van der Waals surface area contributed by atoms with E-state index in [0.717, 1.165) is 5.56 Å².